The normalized spacial score (nSPS) is 12.4. The van der Waals surface area contributed by atoms with E-state index in [1.807, 2.05) is 42.5 Å². The van der Waals surface area contributed by atoms with Crippen LogP contribution in [0.15, 0.2) is 91.0 Å². The SMILES string of the molecule is CC(NC(=O)OCc1ccccc1)(C(=O)O)N(c1ccccc1)c1ccccc1. The molecule has 0 radical (unpaired) electrons. The van der Waals surface area contributed by atoms with Crippen LogP contribution >= 0.6 is 0 Å². The number of carboxylic acids is 1. The van der Waals surface area contributed by atoms with Gasteiger partial charge in [0.25, 0.3) is 0 Å². The van der Waals surface area contributed by atoms with Crippen molar-refractivity contribution in [1.29, 1.82) is 0 Å². The number of hydrogen-bond donors (Lipinski definition) is 2. The van der Waals surface area contributed by atoms with Crippen molar-refractivity contribution in [1.82, 2.24) is 5.32 Å². The standard InChI is InChI=1S/C23H22N2O4/c1-23(21(26)27,24-22(28)29-17-18-11-5-2-6-12-18)25(19-13-7-3-8-14-19)20-15-9-4-10-16-20/h2-16H,17H2,1H3,(H,24,28)(H,26,27). The maximum Gasteiger partial charge on any atom is 0.409 e. The van der Waals surface area contributed by atoms with Gasteiger partial charge in [0.2, 0.25) is 5.66 Å². The number of nitrogens with zero attached hydrogens (tertiary/aromatic N) is 1. The van der Waals surface area contributed by atoms with Gasteiger partial charge in [0.15, 0.2) is 0 Å². The van der Waals surface area contributed by atoms with Crippen molar-refractivity contribution < 1.29 is 19.4 Å². The van der Waals surface area contributed by atoms with Crippen LogP contribution in [0.5, 0.6) is 0 Å². The Hall–Kier alpha value is -3.80. The molecule has 3 rings (SSSR count). The Morgan fingerprint density at radius 3 is 1.76 bits per heavy atom. The highest BCUT2D eigenvalue weighted by Gasteiger charge is 2.43. The van der Waals surface area contributed by atoms with Crippen molar-refractivity contribution in [3.63, 3.8) is 0 Å². The Kier molecular flexibility index (Phi) is 6.14. The molecule has 3 aromatic carbocycles. The molecule has 0 aliphatic rings. The average molecular weight is 390 g/mol. The van der Waals surface area contributed by atoms with Gasteiger partial charge in [-0.05, 0) is 36.8 Å². The van der Waals surface area contributed by atoms with E-state index in [1.54, 1.807) is 53.4 Å². The molecule has 0 aliphatic carbocycles. The molecule has 0 bridgehead atoms. The van der Waals surface area contributed by atoms with Gasteiger partial charge in [-0.2, -0.15) is 0 Å². The molecule has 1 unspecified atom stereocenters. The lowest BCUT2D eigenvalue weighted by Crippen LogP contribution is -2.62. The summed E-state index contributed by atoms with van der Waals surface area (Å²) < 4.78 is 5.26. The molecular formula is C23H22N2O4. The van der Waals surface area contributed by atoms with E-state index >= 15 is 0 Å². The first-order valence-electron chi connectivity index (χ1n) is 9.13. The molecule has 0 saturated carbocycles. The van der Waals surface area contributed by atoms with Crippen molar-refractivity contribution in [2.45, 2.75) is 19.2 Å². The van der Waals surface area contributed by atoms with Crippen LogP contribution in [0, 0.1) is 0 Å². The van der Waals surface area contributed by atoms with Crippen molar-refractivity contribution >= 4 is 23.4 Å². The molecule has 0 spiro atoms. The summed E-state index contributed by atoms with van der Waals surface area (Å²) in [6.07, 6.45) is -0.824. The smallest absolute Gasteiger partial charge is 0.409 e. The lowest BCUT2D eigenvalue weighted by molar-refractivity contribution is -0.143. The number of aliphatic carboxylic acids is 1. The van der Waals surface area contributed by atoms with Crippen LogP contribution in [0.3, 0.4) is 0 Å². The summed E-state index contributed by atoms with van der Waals surface area (Å²) in [6, 6.07) is 27.2. The van der Waals surface area contributed by atoms with Crippen LogP contribution in [0.25, 0.3) is 0 Å². The third kappa shape index (κ3) is 4.73. The molecule has 148 valence electrons. The Bertz CT molecular complexity index is 909. The summed E-state index contributed by atoms with van der Waals surface area (Å²) >= 11 is 0. The van der Waals surface area contributed by atoms with Gasteiger partial charge in [-0.15, -0.1) is 0 Å². The molecule has 0 fully saturated rings. The fraction of sp³-hybridized carbons (Fsp3) is 0.130. The number of para-hydroxylation sites is 2. The second kappa shape index (κ2) is 8.93. The molecule has 0 saturated heterocycles. The van der Waals surface area contributed by atoms with E-state index in [0.717, 1.165) is 5.56 Å². The van der Waals surface area contributed by atoms with Gasteiger partial charge in [-0.3, -0.25) is 5.32 Å². The topological polar surface area (TPSA) is 78.9 Å². The molecule has 2 N–H and O–H groups in total. The molecule has 29 heavy (non-hydrogen) atoms. The molecular weight excluding hydrogens is 368 g/mol. The van der Waals surface area contributed by atoms with E-state index in [0.29, 0.717) is 11.4 Å². The fourth-order valence-electron chi connectivity index (χ4n) is 2.98. The lowest BCUT2D eigenvalue weighted by Gasteiger charge is -2.39. The highest BCUT2D eigenvalue weighted by Crippen LogP contribution is 2.32. The number of carboxylic acid groups (broad SMARTS) is 1. The molecule has 1 amide bonds. The van der Waals surface area contributed by atoms with Crippen molar-refractivity contribution in [3.8, 4) is 0 Å². The maximum absolute atomic E-state index is 12.5. The van der Waals surface area contributed by atoms with E-state index in [4.69, 9.17) is 4.74 Å². The second-order valence-corrected chi connectivity index (χ2v) is 6.57. The molecule has 0 heterocycles. The molecule has 1 atom stereocenters. The monoisotopic (exact) mass is 390 g/mol. The van der Waals surface area contributed by atoms with E-state index in [-0.39, 0.29) is 6.61 Å². The predicted molar refractivity (Wildman–Crippen MR) is 111 cm³/mol. The van der Waals surface area contributed by atoms with Crippen molar-refractivity contribution in [2.24, 2.45) is 0 Å². The number of rotatable bonds is 7. The number of benzene rings is 3. The summed E-state index contributed by atoms with van der Waals surface area (Å²) in [4.78, 5) is 26.3. The Morgan fingerprint density at radius 1 is 0.862 bits per heavy atom. The zero-order chi connectivity index (χ0) is 20.7. The number of anilines is 2. The zero-order valence-corrected chi connectivity index (χ0v) is 16.0. The van der Waals surface area contributed by atoms with Crippen LogP contribution in [-0.4, -0.2) is 22.8 Å². The second-order valence-electron chi connectivity index (χ2n) is 6.57. The minimum atomic E-state index is -1.78. The van der Waals surface area contributed by atoms with Crippen LogP contribution in [0.1, 0.15) is 12.5 Å². The molecule has 6 heteroatoms. The van der Waals surface area contributed by atoms with E-state index < -0.39 is 17.7 Å². The van der Waals surface area contributed by atoms with E-state index in [1.165, 1.54) is 6.92 Å². The number of carbonyl (C=O) groups is 2. The number of hydrogen-bond acceptors (Lipinski definition) is 4. The van der Waals surface area contributed by atoms with Crippen molar-refractivity contribution in [3.05, 3.63) is 96.6 Å². The zero-order valence-electron chi connectivity index (χ0n) is 16.0. The molecule has 0 aliphatic heterocycles. The highest BCUT2D eigenvalue weighted by atomic mass is 16.5. The lowest BCUT2D eigenvalue weighted by atomic mass is 10.1. The highest BCUT2D eigenvalue weighted by molar-refractivity contribution is 5.90. The van der Waals surface area contributed by atoms with Gasteiger partial charge >= 0.3 is 12.1 Å². The van der Waals surface area contributed by atoms with Gasteiger partial charge in [0, 0.05) is 11.4 Å². The number of amides is 1. The Morgan fingerprint density at radius 2 is 1.31 bits per heavy atom. The Balaban J connectivity index is 1.89. The van der Waals surface area contributed by atoms with E-state index in [2.05, 4.69) is 5.32 Å². The first-order valence-corrected chi connectivity index (χ1v) is 9.13. The molecule has 0 aromatic heterocycles. The minimum absolute atomic E-state index is 0.0407. The first-order chi connectivity index (χ1) is 14.0. The van der Waals surface area contributed by atoms with Crippen LogP contribution in [0.2, 0.25) is 0 Å². The third-order valence-corrected chi connectivity index (χ3v) is 4.45. The largest absolute Gasteiger partial charge is 0.478 e. The first kappa shape index (κ1) is 19.9. The van der Waals surface area contributed by atoms with Gasteiger partial charge in [0.1, 0.15) is 6.61 Å². The summed E-state index contributed by atoms with van der Waals surface area (Å²) in [7, 11) is 0. The number of ether oxygens (including phenoxy) is 1. The predicted octanol–water partition coefficient (Wildman–Crippen LogP) is 4.55. The quantitative estimate of drug-likeness (QED) is 0.579. The average Bonchev–Trinajstić information content (AvgIpc) is 2.74. The summed E-state index contributed by atoms with van der Waals surface area (Å²) in [5, 5.41) is 12.6. The number of nitrogens with one attached hydrogen (secondary N) is 1. The van der Waals surface area contributed by atoms with Gasteiger partial charge in [-0.25, -0.2) is 9.59 Å². The van der Waals surface area contributed by atoms with Gasteiger partial charge < -0.3 is 14.7 Å². The number of alkyl carbamates (subject to hydrolysis) is 1. The molecule has 3 aromatic rings. The molecule has 6 nitrogen and oxygen atoms in total. The van der Waals surface area contributed by atoms with Crippen molar-refractivity contribution in [2.75, 3.05) is 4.90 Å². The van der Waals surface area contributed by atoms with Gasteiger partial charge in [-0.1, -0.05) is 66.7 Å². The van der Waals surface area contributed by atoms with Gasteiger partial charge in [0.05, 0.1) is 0 Å². The Labute approximate surface area is 169 Å². The summed E-state index contributed by atoms with van der Waals surface area (Å²) in [5.74, 6) is -1.22. The minimum Gasteiger partial charge on any atom is -0.478 e. The number of carbonyl (C=O) groups excluding carboxylic acids is 1. The summed E-state index contributed by atoms with van der Waals surface area (Å²) in [5.41, 5.74) is 0.262. The van der Waals surface area contributed by atoms with Crippen LogP contribution in [-0.2, 0) is 16.1 Å². The maximum atomic E-state index is 12.5. The summed E-state index contributed by atoms with van der Waals surface area (Å²) in [6.45, 7) is 1.47. The van der Waals surface area contributed by atoms with Crippen LogP contribution < -0.4 is 10.2 Å². The van der Waals surface area contributed by atoms with E-state index in [9.17, 15) is 14.7 Å². The van der Waals surface area contributed by atoms with Crippen LogP contribution in [0.4, 0.5) is 16.2 Å². The fourth-order valence-corrected chi connectivity index (χ4v) is 2.98. The third-order valence-electron chi connectivity index (χ3n) is 4.45.